The molecule has 1 N–H and O–H groups in total. The summed E-state index contributed by atoms with van der Waals surface area (Å²) >= 11 is 0. The maximum Gasteiger partial charge on any atom is 0.310 e. The van der Waals surface area contributed by atoms with Crippen LogP contribution in [0.25, 0.3) is 0 Å². The zero-order chi connectivity index (χ0) is 30.6. The monoisotopic (exact) mass is 619 g/mol. The summed E-state index contributed by atoms with van der Waals surface area (Å²) in [5.41, 5.74) is -1.27. The number of carbonyl (C=O) groups excluding carboxylic acids is 2. The van der Waals surface area contributed by atoms with Crippen molar-refractivity contribution in [3.8, 4) is 6.19 Å². The Morgan fingerprint density at radius 3 is 2.31 bits per heavy atom. The van der Waals surface area contributed by atoms with Crippen LogP contribution in [0.2, 0.25) is 0 Å². The van der Waals surface area contributed by atoms with E-state index in [4.69, 9.17) is 0 Å². The number of alkyl halides is 2. The molecule has 3 aliphatic rings. The number of nitrogens with zero attached hydrogens (tertiary/aromatic N) is 4. The average Bonchev–Trinajstić information content (AvgIpc) is 3.55. The van der Waals surface area contributed by atoms with E-state index >= 15 is 0 Å². The van der Waals surface area contributed by atoms with Crippen molar-refractivity contribution in [3.63, 3.8) is 0 Å². The van der Waals surface area contributed by atoms with Gasteiger partial charge in [-0.15, -0.1) is 0 Å². The highest BCUT2D eigenvalue weighted by molar-refractivity contribution is 8.45. The molecule has 1 saturated heterocycles. The molecule has 2 aliphatic carbocycles. The second-order valence-electron chi connectivity index (χ2n) is 11.1. The van der Waals surface area contributed by atoms with E-state index in [0.29, 0.717) is 24.1 Å². The minimum Gasteiger partial charge on any atom is -0.351 e. The Labute approximate surface area is 237 Å². The van der Waals surface area contributed by atoms with Crippen molar-refractivity contribution >= 4 is 27.7 Å². The first-order chi connectivity index (χ1) is 19.4. The van der Waals surface area contributed by atoms with E-state index in [1.807, 2.05) is 6.19 Å². The molecular weight excluding hydrogens is 591 g/mol. The number of aryl methyl sites for hydroxylation is 1. The van der Waals surface area contributed by atoms with Crippen LogP contribution >= 0.6 is 10.2 Å². The topological polar surface area (TPSA) is 89.3 Å². The van der Waals surface area contributed by atoms with Gasteiger partial charge in [-0.3, -0.25) is 24.4 Å². The van der Waals surface area contributed by atoms with E-state index in [-0.39, 0.29) is 62.0 Å². The number of hydrogen-bond acceptors (Lipinski definition) is 5. The fraction of sp³-hybridized carbons (Fsp3) is 0.481. The molecule has 15 heteroatoms. The quantitative estimate of drug-likeness (QED) is 0.293. The van der Waals surface area contributed by atoms with Gasteiger partial charge in [0.15, 0.2) is 11.7 Å². The van der Waals surface area contributed by atoms with E-state index in [1.165, 1.54) is 17.3 Å². The van der Waals surface area contributed by atoms with Gasteiger partial charge in [-0.25, -0.2) is 8.78 Å². The molecule has 1 aromatic carbocycles. The Bertz CT molecular complexity index is 1440. The first-order valence-electron chi connectivity index (χ1n) is 13.4. The van der Waals surface area contributed by atoms with Crippen molar-refractivity contribution in [1.29, 1.82) is 5.26 Å². The minimum absolute atomic E-state index is 0.0356. The van der Waals surface area contributed by atoms with Gasteiger partial charge in [0.05, 0.1) is 0 Å². The lowest BCUT2D eigenvalue weighted by atomic mass is 9.86. The molecule has 5 rings (SSSR count). The molecule has 2 heterocycles. The molecule has 0 unspecified atom stereocenters. The lowest BCUT2D eigenvalue weighted by Gasteiger charge is -2.44. The van der Waals surface area contributed by atoms with Crippen molar-refractivity contribution in [2.24, 2.45) is 0 Å². The Balaban J connectivity index is 1.64. The third-order valence-corrected chi connectivity index (χ3v) is 9.51. The lowest BCUT2D eigenvalue weighted by molar-refractivity contribution is -0.133. The second-order valence-corrected chi connectivity index (χ2v) is 13.5. The van der Waals surface area contributed by atoms with E-state index < -0.39 is 63.3 Å². The number of nitrogens with one attached hydrogen (secondary N) is 1. The van der Waals surface area contributed by atoms with Gasteiger partial charge in [-0.2, -0.15) is 5.26 Å². The highest BCUT2D eigenvalue weighted by Gasteiger charge is 2.65. The van der Waals surface area contributed by atoms with Crippen molar-refractivity contribution in [2.75, 3.05) is 11.4 Å². The zero-order valence-corrected chi connectivity index (χ0v) is 23.0. The molecule has 1 aliphatic heterocycles. The van der Waals surface area contributed by atoms with Crippen LogP contribution in [0.4, 0.5) is 33.9 Å². The number of rotatable bonds is 6. The molecule has 2 amide bonds. The summed E-state index contributed by atoms with van der Waals surface area (Å²) in [7, 11) is -10.1. The van der Waals surface area contributed by atoms with Crippen LogP contribution in [0.5, 0.6) is 0 Å². The molecule has 2 fully saturated rings. The number of benzene rings is 1. The molecule has 1 saturated carbocycles. The molecule has 7 nitrogen and oxygen atoms in total. The van der Waals surface area contributed by atoms with Gasteiger partial charge in [0, 0.05) is 49.1 Å². The predicted octanol–water partition coefficient (Wildman–Crippen LogP) is 6.55. The number of nitriles is 1. The average molecular weight is 620 g/mol. The highest BCUT2D eigenvalue weighted by Crippen LogP contribution is 3.02. The summed E-state index contributed by atoms with van der Waals surface area (Å²) in [5, 5.41) is 12.4. The van der Waals surface area contributed by atoms with Crippen molar-refractivity contribution < 1.29 is 37.8 Å². The largest absolute Gasteiger partial charge is 0.351 e. The Morgan fingerprint density at radius 1 is 1.02 bits per heavy atom. The number of fused-ring (bicyclic) bond motifs is 1. The Morgan fingerprint density at radius 2 is 1.69 bits per heavy atom. The number of pyridine rings is 1. The number of carbonyl (C=O) groups is 2. The fourth-order valence-corrected chi connectivity index (χ4v) is 6.85. The van der Waals surface area contributed by atoms with Crippen molar-refractivity contribution in [1.82, 2.24) is 15.2 Å². The van der Waals surface area contributed by atoms with Gasteiger partial charge < -0.3 is 5.32 Å². The zero-order valence-electron chi connectivity index (χ0n) is 22.2. The number of hydrogen-bond donors (Lipinski definition) is 1. The summed E-state index contributed by atoms with van der Waals surface area (Å²) in [6.07, 6.45) is 4.64. The van der Waals surface area contributed by atoms with Gasteiger partial charge in [-0.1, -0.05) is 19.4 Å². The van der Waals surface area contributed by atoms with Crippen LogP contribution < -0.4 is 10.2 Å². The number of anilines is 1. The van der Waals surface area contributed by atoms with Crippen LogP contribution in [0.15, 0.2) is 47.6 Å². The molecular formula is C27H28F7N5O2S. The smallest absolute Gasteiger partial charge is 0.310 e. The standard InChI is InChI=1S/C27H28F7N5O2S/c28-26(29)11-8-19(9-12-26)37-25(41)27(13-7-18-10-14-36-16-22(18)27)39(24(40)23-2-1-15-38(23)17-35)20-3-5-21(6-4-20)42(30,31,32,33)34/h3-6,10,14,16,19,23H,1-2,7-9,11-13,15H2,(H,37,41)/t23-,27+/m1/s1. The number of likely N-dealkylation sites (tertiary alicyclic amines) is 1. The maximum atomic E-state index is 14.3. The molecule has 2 atom stereocenters. The number of amides is 2. The summed E-state index contributed by atoms with van der Waals surface area (Å²) in [6, 6.07) is 1.66. The summed E-state index contributed by atoms with van der Waals surface area (Å²) < 4.78 is 95.4. The van der Waals surface area contributed by atoms with Crippen molar-refractivity contribution in [2.45, 2.75) is 79.8 Å². The Kier molecular flexibility index (Phi) is 6.76. The second kappa shape index (κ2) is 9.48. The minimum atomic E-state index is -10.1. The van der Waals surface area contributed by atoms with Gasteiger partial charge in [0.1, 0.15) is 10.9 Å². The summed E-state index contributed by atoms with van der Waals surface area (Å²) in [4.78, 5) is 32.7. The molecule has 0 bridgehead atoms. The van der Waals surface area contributed by atoms with Gasteiger partial charge >= 0.3 is 10.2 Å². The van der Waals surface area contributed by atoms with Crippen LogP contribution in [0, 0.1) is 11.5 Å². The predicted molar refractivity (Wildman–Crippen MR) is 140 cm³/mol. The first-order valence-corrected chi connectivity index (χ1v) is 15.4. The number of halogens is 7. The van der Waals surface area contributed by atoms with Crippen LogP contribution in [0.3, 0.4) is 0 Å². The van der Waals surface area contributed by atoms with E-state index in [1.54, 1.807) is 6.07 Å². The third kappa shape index (κ3) is 5.48. The van der Waals surface area contributed by atoms with Gasteiger partial charge in [0.2, 0.25) is 5.92 Å². The Hall–Kier alpha value is -3.54. The van der Waals surface area contributed by atoms with Gasteiger partial charge in [-0.05, 0) is 74.4 Å². The van der Waals surface area contributed by atoms with Gasteiger partial charge in [0.25, 0.3) is 11.8 Å². The van der Waals surface area contributed by atoms with Crippen LogP contribution in [0.1, 0.15) is 56.1 Å². The fourth-order valence-electron chi connectivity index (χ4n) is 6.20. The van der Waals surface area contributed by atoms with Crippen LogP contribution in [-0.4, -0.2) is 46.2 Å². The summed E-state index contributed by atoms with van der Waals surface area (Å²) in [5.74, 6) is -4.41. The molecule has 42 heavy (non-hydrogen) atoms. The normalized spacial score (nSPS) is 25.6. The summed E-state index contributed by atoms with van der Waals surface area (Å²) in [6.45, 7) is 0.234. The van der Waals surface area contributed by atoms with E-state index in [0.717, 1.165) is 4.90 Å². The third-order valence-electron chi connectivity index (χ3n) is 8.35. The number of aromatic nitrogens is 1. The SMILES string of the molecule is N#CN1CCC[C@@H]1C(=O)N(c1ccc(S(F)(F)(F)(F)F)cc1)[C@@]1(C(=O)NC2CCC(F)(F)CC2)CCc2ccncc21. The molecule has 0 spiro atoms. The van der Waals surface area contributed by atoms with Crippen LogP contribution in [-0.2, 0) is 21.5 Å². The molecule has 228 valence electrons. The lowest BCUT2D eigenvalue weighted by Crippen LogP contribution is -2.62. The first kappa shape index (κ1) is 29.9. The molecule has 1 aromatic heterocycles. The van der Waals surface area contributed by atoms with Crippen molar-refractivity contribution in [3.05, 3.63) is 53.9 Å². The highest BCUT2D eigenvalue weighted by atomic mass is 32.5. The molecule has 2 aromatic rings. The van der Waals surface area contributed by atoms with E-state index in [9.17, 15) is 43.1 Å². The maximum absolute atomic E-state index is 14.3. The molecule has 0 radical (unpaired) electrons. The van der Waals surface area contributed by atoms with E-state index in [2.05, 4.69) is 10.3 Å².